The van der Waals surface area contributed by atoms with Gasteiger partial charge < -0.3 is 0 Å². The lowest BCUT2D eigenvalue weighted by Crippen LogP contribution is -2.22. The SMILES string of the molecule is CC(C)S(=O)(=O)Nc1ccccc1-c1ccc(-c2ccccc2C#N)cc1. The topological polar surface area (TPSA) is 70.0 Å². The molecule has 0 bridgehead atoms. The van der Waals surface area contributed by atoms with E-state index in [1.165, 1.54) is 0 Å². The van der Waals surface area contributed by atoms with Crippen molar-refractivity contribution < 1.29 is 8.42 Å². The monoisotopic (exact) mass is 376 g/mol. The minimum absolute atomic E-state index is 0.518. The van der Waals surface area contributed by atoms with Gasteiger partial charge in [-0.2, -0.15) is 5.26 Å². The standard InChI is InChI=1S/C22H20N2O2S/c1-16(2)27(25,26)24-22-10-6-5-9-21(22)18-13-11-17(12-14-18)20-8-4-3-7-19(20)15-23/h3-14,16,24H,1-2H3. The van der Waals surface area contributed by atoms with Gasteiger partial charge in [-0.05, 0) is 42.7 Å². The van der Waals surface area contributed by atoms with Crippen molar-refractivity contribution in [3.05, 3.63) is 78.4 Å². The Balaban J connectivity index is 1.99. The van der Waals surface area contributed by atoms with E-state index in [9.17, 15) is 13.7 Å². The highest BCUT2D eigenvalue weighted by Crippen LogP contribution is 2.31. The van der Waals surface area contributed by atoms with Crippen molar-refractivity contribution in [2.24, 2.45) is 0 Å². The van der Waals surface area contributed by atoms with Gasteiger partial charge >= 0.3 is 0 Å². The highest BCUT2D eigenvalue weighted by Gasteiger charge is 2.17. The van der Waals surface area contributed by atoms with E-state index in [1.54, 1.807) is 32.0 Å². The van der Waals surface area contributed by atoms with Crippen LogP contribution < -0.4 is 4.72 Å². The maximum atomic E-state index is 12.3. The van der Waals surface area contributed by atoms with E-state index >= 15 is 0 Å². The average molecular weight is 376 g/mol. The van der Waals surface area contributed by atoms with Gasteiger partial charge in [0.15, 0.2) is 0 Å². The Morgan fingerprint density at radius 1 is 0.815 bits per heavy atom. The van der Waals surface area contributed by atoms with Crippen LogP contribution in [0.25, 0.3) is 22.3 Å². The zero-order valence-electron chi connectivity index (χ0n) is 15.2. The number of sulfonamides is 1. The third kappa shape index (κ3) is 4.02. The third-order valence-corrected chi connectivity index (χ3v) is 6.10. The first-order valence-electron chi connectivity index (χ1n) is 8.63. The van der Waals surface area contributed by atoms with Gasteiger partial charge in [-0.15, -0.1) is 0 Å². The molecule has 1 N–H and O–H groups in total. The molecule has 0 aliphatic heterocycles. The fraction of sp³-hybridized carbons (Fsp3) is 0.136. The van der Waals surface area contributed by atoms with Crippen molar-refractivity contribution in [2.75, 3.05) is 4.72 Å². The van der Waals surface area contributed by atoms with Crippen LogP contribution in [0.2, 0.25) is 0 Å². The van der Waals surface area contributed by atoms with Crippen LogP contribution in [-0.4, -0.2) is 13.7 Å². The van der Waals surface area contributed by atoms with Crippen LogP contribution in [0, 0.1) is 11.3 Å². The molecule has 4 nitrogen and oxygen atoms in total. The lowest BCUT2D eigenvalue weighted by Gasteiger charge is -2.15. The molecule has 27 heavy (non-hydrogen) atoms. The van der Waals surface area contributed by atoms with Gasteiger partial charge in [-0.25, -0.2) is 8.42 Å². The van der Waals surface area contributed by atoms with E-state index in [4.69, 9.17) is 0 Å². The molecular formula is C22H20N2O2S. The molecule has 136 valence electrons. The normalized spacial score (nSPS) is 11.2. The summed E-state index contributed by atoms with van der Waals surface area (Å²) in [6, 6.07) is 24.7. The Hall–Kier alpha value is -3.10. The summed E-state index contributed by atoms with van der Waals surface area (Å²) in [6.45, 7) is 3.29. The zero-order valence-corrected chi connectivity index (χ0v) is 16.0. The van der Waals surface area contributed by atoms with Crippen LogP contribution in [-0.2, 0) is 10.0 Å². The largest absolute Gasteiger partial charge is 0.283 e. The number of nitrogens with one attached hydrogen (secondary N) is 1. The number of benzene rings is 3. The van der Waals surface area contributed by atoms with E-state index in [0.29, 0.717) is 11.3 Å². The van der Waals surface area contributed by atoms with Crippen molar-refractivity contribution >= 4 is 15.7 Å². The molecule has 3 aromatic carbocycles. The maximum absolute atomic E-state index is 12.3. The van der Waals surface area contributed by atoms with Crippen LogP contribution in [0.1, 0.15) is 19.4 Å². The first-order valence-corrected chi connectivity index (χ1v) is 10.2. The molecule has 0 saturated carbocycles. The van der Waals surface area contributed by atoms with Gasteiger partial charge in [-0.3, -0.25) is 4.72 Å². The molecule has 0 spiro atoms. The minimum Gasteiger partial charge on any atom is -0.283 e. The van der Waals surface area contributed by atoms with Crippen molar-refractivity contribution in [3.8, 4) is 28.3 Å². The number of hydrogen-bond donors (Lipinski definition) is 1. The number of rotatable bonds is 5. The number of nitrogens with zero attached hydrogens (tertiary/aromatic N) is 1. The fourth-order valence-electron chi connectivity index (χ4n) is 2.76. The second-order valence-corrected chi connectivity index (χ2v) is 8.71. The molecule has 0 atom stereocenters. The number of nitriles is 1. The second-order valence-electron chi connectivity index (χ2n) is 6.48. The second kappa shape index (κ2) is 7.65. The third-order valence-electron chi connectivity index (χ3n) is 4.35. The summed E-state index contributed by atoms with van der Waals surface area (Å²) in [6.07, 6.45) is 0. The summed E-state index contributed by atoms with van der Waals surface area (Å²) in [5.74, 6) is 0. The van der Waals surface area contributed by atoms with Gasteiger partial charge in [0.05, 0.1) is 22.6 Å². The highest BCUT2D eigenvalue weighted by atomic mass is 32.2. The number of para-hydroxylation sites is 1. The molecule has 0 aromatic heterocycles. The number of hydrogen-bond acceptors (Lipinski definition) is 3. The van der Waals surface area contributed by atoms with Gasteiger partial charge in [0, 0.05) is 5.56 Å². The van der Waals surface area contributed by atoms with Crippen LogP contribution in [0.4, 0.5) is 5.69 Å². The van der Waals surface area contributed by atoms with Crippen molar-refractivity contribution in [2.45, 2.75) is 19.1 Å². The molecule has 0 heterocycles. The van der Waals surface area contributed by atoms with Crippen LogP contribution in [0.3, 0.4) is 0 Å². The van der Waals surface area contributed by atoms with Gasteiger partial charge in [0.2, 0.25) is 10.0 Å². The minimum atomic E-state index is -3.43. The maximum Gasteiger partial charge on any atom is 0.235 e. The van der Waals surface area contributed by atoms with Gasteiger partial charge in [0.25, 0.3) is 0 Å². The Kier molecular flexibility index (Phi) is 5.29. The molecule has 0 amide bonds. The first kappa shape index (κ1) is 18.7. The van der Waals surface area contributed by atoms with Crippen LogP contribution >= 0.6 is 0 Å². The predicted molar refractivity (Wildman–Crippen MR) is 110 cm³/mol. The molecule has 0 fully saturated rings. The predicted octanol–water partition coefficient (Wildman–Crippen LogP) is 5.04. The van der Waals surface area contributed by atoms with E-state index in [2.05, 4.69) is 10.8 Å². The van der Waals surface area contributed by atoms with Crippen LogP contribution in [0.15, 0.2) is 72.8 Å². The smallest absolute Gasteiger partial charge is 0.235 e. The van der Waals surface area contributed by atoms with E-state index in [0.717, 1.165) is 22.3 Å². The molecule has 0 aliphatic rings. The lowest BCUT2D eigenvalue weighted by molar-refractivity contribution is 0.593. The molecule has 0 saturated heterocycles. The molecule has 3 aromatic rings. The number of anilines is 1. The molecule has 0 unspecified atom stereocenters. The molecular weight excluding hydrogens is 356 g/mol. The molecule has 5 heteroatoms. The summed E-state index contributed by atoms with van der Waals surface area (Å²) in [5.41, 5.74) is 4.69. The van der Waals surface area contributed by atoms with E-state index in [-0.39, 0.29) is 0 Å². The van der Waals surface area contributed by atoms with Crippen molar-refractivity contribution in [3.63, 3.8) is 0 Å². The van der Waals surface area contributed by atoms with Crippen molar-refractivity contribution in [1.82, 2.24) is 0 Å². The molecule has 3 rings (SSSR count). The molecule has 0 aliphatic carbocycles. The summed E-state index contributed by atoms with van der Waals surface area (Å²) >= 11 is 0. The van der Waals surface area contributed by atoms with E-state index in [1.807, 2.05) is 54.6 Å². The summed E-state index contributed by atoms with van der Waals surface area (Å²) in [5, 5.41) is 8.77. The molecule has 0 radical (unpaired) electrons. The van der Waals surface area contributed by atoms with Crippen LogP contribution in [0.5, 0.6) is 0 Å². The fourth-order valence-corrected chi connectivity index (χ4v) is 3.48. The Morgan fingerprint density at radius 3 is 1.93 bits per heavy atom. The first-order chi connectivity index (χ1) is 12.9. The van der Waals surface area contributed by atoms with E-state index < -0.39 is 15.3 Å². The highest BCUT2D eigenvalue weighted by molar-refractivity contribution is 7.93. The summed E-state index contributed by atoms with van der Waals surface area (Å²) < 4.78 is 27.2. The zero-order chi connectivity index (χ0) is 19.4. The average Bonchev–Trinajstić information content (AvgIpc) is 2.68. The summed E-state index contributed by atoms with van der Waals surface area (Å²) in [4.78, 5) is 0. The lowest BCUT2D eigenvalue weighted by atomic mass is 9.97. The van der Waals surface area contributed by atoms with Gasteiger partial charge in [0.1, 0.15) is 0 Å². The Morgan fingerprint density at radius 2 is 1.33 bits per heavy atom. The van der Waals surface area contributed by atoms with Crippen molar-refractivity contribution in [1.29, 1.82) is 5.26 Å². The quantitative estimate of drug-likeness (QED) is 0.678. The Bertz CT molecular complexity index is 1100. The Labute approximate surface area is 160 Å². The summed E-state index contributed by atoms with van der Waals surface area (Å²) in [7, 11) is -3.43. The van der Waals surface area contributed by atoms with Gasteiger partial charge in [-0.1, -0.05) is 60.7 Å².